The van der Waals surface area contributed by atoms with Gasteiger partial charge in [-0.25, -0.2) is 13.8 Å². The van der Waals surface area contributed by atoms with Crippen molar-refractivity contribution in [2.45, 2.75) is 26.8 Å². The summed E-state index contributed by atoms with van der Waals surface area (Å²) in [6, 6.07) is 3.17. The lowest BCUT2D eigenvalue weighted by atomic mass is 10.1. The van der Waals surface area contributed by atoms with Crippen LogP contribution in [0.3, 0.4) is 0 Å². The molecule has 1 amide bonds. The Hall–Kier alpha value is -1.82. The molecule has 1 heterocycles. The second kappa shape index (κ2) is 5.66. The molecular weight excluding hydrogens is 282 g/mol. The molecule has 0 aliphatic heterocycles. The molecule has 0 radical (unpaired) electrons. The van der Waals surface area contributed by atoms with Crippen molar-refractivity contribution in [3.05, 3.63) is 51.0 Å². The van der Waals surface area contributed by atoms with Crippen LogP contribution < -0.4 is 5.32 Å². The summed E-state index contributed by atoms with van der Waals surface area (Å²) in [4.78, 5) is 16.8. The maximum Gasteiger partial charge on any atom is 0.263 e. The van der Waals surface area contributed by atoms with Crippen molar-refractivity contribution >= 4 is 17.2 Å². The number of nitrogens with one attached hydrogen (secondary N) is 1. The fourth-order valence-electron chi connectivity index (χ4n) is 1.87. The van der Waals surface area contributed by atoms with E-state index in [1.807, 2.05) is 6.92 Å². The highest BCUT2D eigenvalue weighted by Crippen LogP contribution is 2.20. The first-order valence-corrected chi connectivity index (χ1v) is 6.90. The Morgan fingerprint density at radius 1 is 1.30 bits per heavy atom. The number of carbonyl (C=O) groups excluding carboxylic acids is 1. The standard InChI is InChI=1S/C14H14F2N2OS/c1-7(10-4-5-11(15)12(16)6-10)18-14(19)13-8(2)17-9(3)20-13/h4-7H,1-3H3,(H,18,19). The monoisotopic (exact) mass is 296 g/mol. The van der Waals surface area contributed by atoms with E-state index in [4.69, 9.17) is 0 Å². The predicted molar refractivity (Wildman–Crippen MR) is 73.8 cm³/mol. The highest BCUT2D eigenvalue weighted by Gasteiger charge is 2.17. The Bertz CT molecular complexity index is 655. The van der Waals surface area contributed by atoms with E-state index in [0.29, 0.717) is 16.1 Å². The Labute approximate surface area is 119 Å². The van der Waals surface area contributed by atoms with Crippen LogP contribution in [0, 0.1) is 25.5 Å². The van der Waals surface area contributed by atoms with E-state index in [-0.39, 0.29) is 5.91 Å². The van der Waals surface area contributed by atoms with Crippen molar-refractivity contribution in [2.24, 2.45) is 0 Å². The molecule has 6 heteroatoms. The number of hydrogen-bond donors (Lipinski definition) is 1. The maximum absolute atomic E-state index is 13.2. The molecule has 0 bridgehead atoms. The molecule has 1 unspecified atom stereocenters. The van der Waals surface area contributed by atoms with Gasteiger partial charge in [0.2, 0.25) is 0 Å². The largest absolute Gasteiger partial charge is 0.345 e. The average Bonchev–Trinajstić information content (AvgIpc) is 2.71. The second-order valence-electron chi connectivity index (χ2n) is 4.52. The fourth-order valence-corrected chi connectivity index (χ4v) is 2.69. The lowest BCUT2D eigenvalue weighted by molar-refractivity contribution is 0.0943. The third-order valence-electron chi connectivity index (χ3n) is 2.90. The van der Waals surface area contributed by atoms with Gasteiger partial charge >= 0.3 is 0 Å². The van der Waals surface area contributed by atoms with E-state index in [1.54, 1.807) is 13.8 Å². The summed E-state index contributed by atoms with van der Waals surface area (Å²) in [7, 11) is 0. The van der Waals surface area contributed by atoms with E-state index in [1.165, 1.54) is 17.4 Å². The molecule has 0 spiro atoms. The van der Waals surface area contributed by atoms with Gasteiger partial charge in [0.05, 0.1) is 16.7 Å². The molecule has 106 valence electrons. The van der Waals surface area contributed by atoms with Crippen molar-refractivity contribution in [3.63, 3.8) is 0 Å². The summed E-state index contributed by atoms with van der Waals surface area (Å²) < 4.78 is 26.0. The molecule has 3 nitrogen and oxygen atoms in total. The van der Waals surface area contributed by atoms with Gasteiger partial charge in [0, 0.05) is 0 Å². The Morgan fingerprint density at radius 3 is 2.55 bits per heavy atom. The minimum Gasteiger partial charge on any atom is -0.345 e. The first-order chi connectivity index (χ1) is 9.38. The molecule has 0 fully saturated rings. The van der Waals surface area contributed by atoms with E-state index in [9.17, 15) is 13.6 Å². The van der Waals surface area contributed by atoms with Crippen LogP contribution in [0.1, 0.15) is 38.9 Å². The van der Waals surface area contributed by atoms with E-state index >= 15 is 0 Å². The molecule has 1 N–H and O–H groups in total. The van der Waals surface area contributed by atoms with Gasteiger partial charge in [0.15, 0.2) is 11.6 Å². The SMILES string of the molecule is Cc1nc(C)c(C(=O)NC(C)c2ccc(F)c(F)c2)s1. The van der Waals surface area contributed by atoms with Crippen LogP contribution in [-0.4, -0.2) is 10.9 Å². The van der Waals surface area contributed by atoms with Crippen LogP contribution >= 0.6 is 11.3 Å². The van der Waals surface area contributed by atoms with Crippen LogP contribution in [-0.2, 0) is 0 Å². The normalized spacial score (nSPS) is 12.2. The van der Waals surface area contributed by atoms with E-state index in [0.717, 1.165) is 17.1 Å². The summed E-state index contributed by atoms with van der Waals surface area (Å²) in [6.07, 6.45) is 0. The van der Waals surface area contributed by atoms with Gasteiger partial charge in [-0.2, -0.15) is 0 Å². The van der Waals surface area contributed by atoms with Crippen molar-refractivity contribution in [1.82, 2.24) is 10.3 Å². The van der Waals surface area contributed by atoms with Crippen LogP contribution in [0.4, 0.5) is 8.78 Å². The van der Waals surface area contributed by atoms with Crippen molar-refractivity contribution in [3.8, 4) is 0 Å². The predicted octanol–water partition coefficient (Wildman–Crippen LogP) is 3.53. The minimum absolute atomic E-state index is 0.259. The first kappa shape index (κ1) is 14.6. The number of benzene rings is 1. The number of thiazole rings is 1. The molecule has 1 atom stereocenters. The van der Waals surface area contributed by atoms with E-state index < -0.39 is 17.7 Å². The first-order valence-electron chi connectivity index (χ1n) is 6.08. The lowest BCUT2D eigenvalue weighted by Crippen LogP contribution is -2.26. The number of halogens is 2. The zero-order chi connectivity index (χ0) is 14.9. The number of aromatic nitrogens is 1. The smallest absolute Gasteiger partial charge is 0.263 e. The topological polar surface area (TPSA) is 42.0 Å². The summed E-state index contributed by atoms with van der Waals surface area (Å²) >= 11 is 1.31. The van der Waals surface area contributed by atoms with Crippen molar-refractivity contribution < 1.29 is 13.6 Å². The van der Waals surface area contributed by atoms with Gasteiger partial charge in [-0.3, -0.25) is 4.79 Å². The van der Waals surface area contributed by atoms with Gasteiger partial charge in [-0.15, -0.1) is 11.3 Å². The quantitative estimate of drug-likeness (QED) is 0.941. The third kappa shape index (κ3) is 3.01. The molecule has 0 saturated heterocycles. The number of rotatable bonds is 3. The minimum atomic E-state index is -0.923. The zero-order valence-electron chi connectivity index (χ0n) is 11.3. The number of nitrogens with zero attached hydrogens (tertiary/aromatic N) is 1. The Morgan fingerprint density at radius 2 is 2.00 bits per heavy atom. The molecule has 20 heavy (non-hydrogen) atoms. The zero-order valence-corrected chi connectivity index (χ0v) is 12.1. The summed E-state index contributed by atoms with van der Waals surface area (Å²) in [6.45, 7) is 5.31. The molecule has 1 aromatic carbocycles. The molecule has 2 rings (SSSR count). The molecule has 1 aromatic heterocycles. The van der Waals surface area contributed by atoms with Gasteiger partial charge in [-0.1, -0.05) is 6.07 Å². The van der Waals surface area contributed by atoms with Gasteiger partial charge in [-0.05, 0) is 38.5 Å². The Balaban J connectivity index is 2.14. The number of aryl methyl sites for hydroxylation is 2. The second-order valence-corrected chi connectivity index (χ2v) is 5.72. The molecule has 0 aliphatic carbocycles. The van der Waals surface area contributed by atoms with Crippen molar-refractivity contribution in [1.29, 1.82) is 0 Å². The summed E-state index contributed by atoms with van der Waals surface area (Å²) in [5.74, 6) is -2.08. The molecule has 0 saturated carbocycles. The number of carbonyl (C=O) groups is 1. The van der Waals surface area contributed by atoms with Crippen molar-refractivity contribution in [2.75, 3.05) is 0 Å². The maximum atomic E-state index is 13.2. The Kier molecular flexibility index (Phi) is 4.13. The average molecular weight is 296 g/mol. The van der Waals surface area contributed by atoms with Crippen LogP contribution in [0.5, 0.6) is 0 Å². The van der Waals surface area contributed by atoms with E-state index in [2.05, 4.69) is 10.3 Å². The molecular formula is C14H14F2N2OS. The summed E-state index contributed by atoms with van der Waals surface area (Å²) in [5, 5.41) is 3.57. The third-order valence-corrected chi connectivity index (χ3v) is 3.97. The lowest BCUT2D eigenvalue weighted by Gasteiger charge is -2.14. The number of hydrogen-bond acceptors (Lipinski definition) is 3. The van der Waals surface area contributed by atoms with Gasteiger partial charge < -0.3 is 5.32 Å². The summed E-state index contributed by atoms with van der Waals surface area (Å²) in [5.41, 5.74) is 1.18. The van der Waals surface area contributed by atoms with Crippen LogP contribution in [0.2, 0.25) is 0 Å². The number of amides is 1. The molecule has 0 aliphatic rings. The highest BCUT2D eigenvalue weighted by atomic mass is 32.1. The van der Waals surface area contributed by atoms with Crippen LogP contribution in [0.15, 0.2) is 18.2 Å². The fraction of sp³-hybridized carbons (Fsp3) is 0.286. The van der Waals surface area contributed by atoms with Crippen LogP contribution in [0.25, 0.3) is 0 Å². The highest BCUT2D eigenvalue weighted by molar-refractivity contribution is 7.13. The van der Waals surface area contributed by atoms with Gasteiger partial charge in [0.1, 0.15) is 4.88 Å². The van der Waals surface area contributed by atoms with Gasteiger partial charge in [0.25, 0.3) is 5.91 Å². The molecule has 2 aromatic rings.